The largest absolute Gasteiger partial charge is 0.482 e. The smallest absolute Gasteiger partial charge is 0.166 e. The molecule has 0 aliphatic carbocycles. The van der Waals surface area contributed by atoms with Crippen molar-refractivity contribution < 1.29 is 13.2 Å². The maximum Gasteiger partial charge on any atom is 0.166 e. The SMILES string of the molecule is [2H]C([2H])([2H])[C@@H](Oc1cc(Br)cnc1N)c1c(Cl)ccc(F)c1Cl. The molecule has 1 aromatic carbocycles. The molecule has 2 N–H and O–H groups in total. The third-order valence-electron chi connectivity index (χ3n) is 2.43. The van der Waals surface area contributed by atoms with Crippen molar-refractivity contribution in [2.45, 2.75) is 13.0 Å². The summed E-state index contributed by atoms with van der Waals surface area (Å²) in [5.41, 5.74) is 5.51. The zero-order chi connectivity index (χ0) is 17.4. The van der Waals surface area contributed by atoms with E-state index in [0.29, 0.717) is 4.47 Å². The summed E-state index contributed by atoms with van der Waals surface area (Å²) >= 11 is 15.1. The van der Waals surface area contributed by atoms with Gasteiger partial charge in [-0.25, -0.2) is 9.37 Å². The third kappa shape index (κ3) is 3.16. The maximum atomic E-state index is 13.7. The van der Waals surface area contributed by atoms with E-state index in [1.54, 1.807) is 0 Å². The van der Waals surface area contributed by atoms with Gasteiger partial charge >= 0.3 is 0 Å². The van der Waals surface area contributed by atoms with E-state index in [2.05, 4.69) is 20.9 Å². The maximum absolute atomic E-state index is 13.7. The van der Waals surface area contributed by atoms with Crippen LogP contribution in [0, 0.1) is 5.82 Å². The van der Waals surface area contributed by atoms with Crippen molar-refractivity contribution in [3.05, 3.63) is 50.3 Å². The second-order valence-corrected chi connectivity index (χ2v) is 5.49. The highest BCUT2D eigenvalue weighted by molar-refractivity contribution is 9.10. The Morgan fingerprint density at radius 2 is 2.25 bits per heavy atom. The van der Waals surface area contributed by atoms with Gasteiger partial charge in [-0.3, -0.25) is 0 Å². The predicted octanol–water partition coefficient (Wildman–Crippen LogP) is 5.01. The van der Waals surface area contributed by atoms with Crippen molar-refractivity contribution in [1.82, 2.24) is 4.98 Å². The third-order valence-corrected chi connectivity index (χ3v) is 3.58. The molecule has 1 atom stereocenters. The van der Waals surface area contributed by atoms with Crippen molar-refractivity contribution >= 4 is 44.9 Å². The molecule has 0 fully saturated rings. The van der Waals surface area contributed by atoms with E-state index in [-0.39, 0.29) is 22.2 Å². The number of hydrogen-bond donors (Lipinski definition) is 1. The molecule has 0 aliphatic heterocycles. The van der Waals surface area contributed by atoms with E-state index in [9.17, 15) is 4.39 Å². The number of nitrogen functional groups attached to an aromatic ring is 1. The number of rotatable bonds is 3. The molecule has 0 bridgehead atoms. The number of aromatic nitrogens is 1. The van der Waals surface area contributed by atoms with Crippen LogP contribution in [-0.4, -0.2) is 4.98 Å². The molecule has 0 saturated heterocycles. The molecule has 0 unspecified atom stereocenters. The quantitative estimate of drug-likeness (QED) is 0.758. The lowest BCUT2D eigenvalue weighted by molar-refractivity contribution is 0.227. The highest BCUT2D eigenvalue weighted by Crippen LogP contribution is 2.36. The van der Waals surface area contributed by atoms with Gasteiger partial charge in [0.1, 0.15) is 11.9 Å². The monoisotopic (exact) mass is 381 g/mol. The standard InChI is InChI=1S/C13H10BrCl2FN2O/c1-6(11-8(15)2-3-9(17)12(11)16)20-10-4-7(14)5-19-13(10)18/h2-6H,1H3,(H2,18,19)/t6-/m1/s1/i1D3. The molecule has 106 valence electrons. The van der Waals surface area contributed by atoms with E-state index in [0.717, 1.165) is 6.07 Å². The lowest BCUT2D eigenvalue weighted by Crippen LogP contribution is -2.08. The second kappa shape index (κ2) is 6.16. The Bertz CT molecular complexity index is 746. The summed E-state index contributed by atoms with van der Waals surface area (Å²) in [5, 5.41) is -0.445. The first-order chi connectivity index (χ1) is 10.6. The van der Waals surface area contributed by atoms with Crippen LogP contribution >= 0.6 is 39.1 Å². The van der Waals surface area contributed by atoms with Gasteiger partial charge in [0.05, 0.1) is 5.02 Å². The molecule has 1 aromatic heterocycles. The number of halogens is 4. The van der Waals surface area contributed by atoms with Gasteiger partial charge in [-0.15, -0.1) is 0 Å². The Labute approximate surface area is 138 Å². The van der Waals surface area contributed by atoms with Crippen LogP contribution in [0.2, 0.25) is 10.0 Å². The average Bonchev–Trinajstić information content (AvgIpc) is 2.45. The van der Waals surface area contributed by atoms with Gasteiger partial charge in [0, 0.05) is 25.4 Å². The van der Waals surface area contributed by atoms with Crippen molar-refractivity contribution in [2.24, 2.45) is 0 Å². The fourth-order valence-corrected chi connectivity index (χ4v) is 2.37. The van der Waals surface area contributed by atoms with Gasteiger partial charge in [-0.2, -0.15) is 0 Å². The van der Waals surface area contributed by atoms with Gasteiger partial charge < -0.3 is 10.5 Å². The van der Waals surface area contributed by atoms with E-state index >= 15 is 0 Å². The highest BCUT2D eigenvalue weighted by Gasteiger charge is 2.19. The van der Waals surface area contributed by atoms with Crippen LogP contribution in [0.5, 0.6) is 5.75 Å². The van der Waals surface area contributed by atoms with Crippen molar-refractivity contribution in [2.75, 3.05) is 5.73 Å². The molecule has 2 aromatic rings. The summed E-state index contributed by atoms with van der Waals surface area (Å²) in [5.74, 6) is -0.813. The number of benzene rings is 1. The summed E-state index contributed by atoms with van der Waals surface area (Å²) < 4.78 is 42.7. The molecule has 20 heavy (non-hydrogen) atoms. The average molecular weight is 383 g/mol. The van der Waals surface area contributed by atoms with E-state index in [1.807, 2.05) is 0 Å². The molecule has 7 heteroatoms. The van der Waals surface area contributed by atoms with Crippen molar-refractivity contribution in [3.8, 4) is 5.75 Å². The lowest BCUT2D eigenvalue weighted by Gasteiger charge is -2.18. The van der Waals surface area contributed by atoms with Gasteiger partial charge in [0.2, 0.25) is 0 Å². The molecule has 0 saturated carbocycles. The molecule has 0 radical (unpaired) electrons. The zero-order valence-electron chi connectivity index (χ0n) is 12.8. The predicted molar refractivity (Wildman–Crippen MR) is 81.8 cm³/mol. The van der Waals surface area contributed by atoms with E-state index < -0.39 is 23.8 Å². The van der Waals surface area contributed by atoms with Crippen LogP contribution in [-0.2, 0) is 0 Å². The fraction of sp³-hybridized carbons (Fsp3) is 0.154. The summed E-state index contributed by atoms with van der Waals surface area (Å²) in [6.07, 6.45) is -0.189. The fourth-order valence-electron chi connectivity index (χ4n) is 1.49. The summed E-state index contributed by atoms with van der Waals surface area (Å²) in [4.78, 5) is 3.85. The van der Waals surface area contributed by atoms with E-state index in [1.165, 1.54) is 18.3 Å². The van der Waals surface area contributed by atoms with Crippen LogP contribution < -0.4 is 10.5 Å². The van der Waals surface area contributed by atoms with Crippen LogP contribution in [0.3, 0.4) is 0 Å². The van der Waals surface area contributed by atoms with Crippen LogP contribution in [0.4, 0.5) is 10.2 Å². The first-order valence-electron chi connectivity index (χ1n) is 6.82. The minimum atomic E-state index is -2.67. The number of nitrogens with two attached hydrogens (primary N) is 1. The molecular formula is C13H10BrCl2FN2O. The van der Waals surface area contributed by atoms with Crippen LogP contribution in [0.15, 0.2) is 28.9 Å². The Hall–Kier alpha value is -1.04. The minimum Gasteiger partial charge on any atom is -0.482 e. The molecule has 1 heterocycles. The molecule has 0 spiro atoms. The summed E-state index contributed by atoms with van der Waals surface area (Å²) in [7, 11) is 0. The van der Waals surface area contributed by atoms with Crippen LogP contribution in [0.1, 0.15) is 22.6 Å². The molecule has 0 amide bonds. The number of pyridine rings is 1. The topological polar surface area (TPSA) is 48.1 Å². The first kappa shape index (κ1) is 11.6. The summed E-state index contributed by atoms with van der Waals surface area (Å²) in [6, 6.07) is 3.70. The van der Waals surface area contributed by atoms with Gasteiger partial charge in [0.15, 0.2) is 11.6 Å². The number of anilines is 1. The summed E-state index contributed by atoms with van der Waals surface area (Å²) in [6.45, 7) is -2.67. The number of nitrogens with zero attached hydrogens (tertiary/aromatic N) is 1. The van der Waals surface area contributed by atoms with E-state index in [4.69, 9.17) is 37.8 Å². The molecule has 2 rings (SSSR count). The zero-order valence-corrected chi connectivity index (χ0v) is 12.9. The van der Waals surface area contributed by atoms with Crippen molar-refractivity contribution in [3.63, 3.8) is 0 Å². The highest BCUT2D eigenvalue weighted by atomic mass is 79.9. The van der Waals surface area contributed by atoms with Crippen LogP contribution in [0.25, 0.3) is 0 Å². The van der Waals surface area contributed by atoms with Crippen molar-refractivity contribution in [1.29, 1.82) is 0 Å². The number of hydrogen-bond acceptors (Lipinski definition) is 3. The minimum absolute atomic E-state index is 0.0110. The van der Waals surface area contributed by atoms with Gasteiger partial charge in [-0.05, 0) is 41.0 Å². The molecular weight excluding hydrogens is 370 g/mol. The van der Waals surface area contributed by atoms with Gasteiger partial charge in [-0.1, -0.05) is 23.2 Å². The number of ether oxygens (including phenoxy) is 1. The second-order valence-electron chi connectivity index (χ2n) is 3.79. The van der Waals surface area contributed by atoms with Gasteiger partial charge in [0.25, 0.3) is 0 Å². The molecule has 3 nitrogen and oxygen atoms in total. The Balaban J connectivity index is 2.56. The Morgan fingerprint density at radius 1 is 1.50 bits per heavy atom. The Morgan fingerprint density at radius 3 is 2.95 bits per heavy atom. The first-order valence-corrected chi connectivity index (χ1v) is 6.87. The Kier molecular flexibility index (Phi) is 3.57. The normalized spacial score (nSPS) is 15.1. The molecule has 0 aliphatic rings. The lowest BCUT2D eigenvalue weighted by atomic mass is 10.1.